The first-order valence-corrected chi connectivity index (χ1v) is 7.09. The van der Waals surface area contributed by atoms with Crippen LogP contribution in [0.3, 0.4) is 0 Å². The van der Waals surface area contributed by atoms with E-state index in [9.17, 15) is 22.4 Å². The van der Waals surface area contributed by atoms with Crippen LogP contribution < -0.4 is 10.2 Å². The lowest BCUT2D eigenvalue weighted by Crippen LogP contribution is -2.34. The molecule has 0 bridgehead atoms. The van der Waals surface area contributed by atoms with E-state index < -0.39 is 29.6 Å². The Bertz CT molecular complexity index is 765. The number of carbonyl (C=O) groups excluding carboxylic acids is 1. The predicted octanol–water partition coefficient (Wildman–Crippen LogP) is 2.85. The Kier molecular flexibility index (Phi) is 4.08. The molecule has 1 fully saturated rings. The SMILES string of the molecule is O=C1C(Nc2nccc(C(F)(F)F)n2)CCN1c1ccccc1F. The Hall–Kier alpha value is -2.71. The highest BCUT2D eigenvalue weighted by Crippen LogP contribution is 2.28. The number of hydrogen-bond acceptors (Lipinski definition) is 4. The van der Waals surface area contributed by atoms with Crippen molar-refractivity contribution in [1.29, 1.82) is 0 Å². The first-order chi connectivity index (χ1) is 11.4. The van der Waals surface area contributed by atoms with Crippen LogP contribution in [0.25, 0.3) is 0 Å². The number of halogens is 4. The quantitative estimate of drug-likeness (QED) is 0.873. The number of benzene rings is 1. The lowest BCUT2D eigenvalue weighted by Gasteiger charge is -2.18. The van der Waals surface area contributed by atoms with E-state index >= 15 is 0 Å². The van der Waals surface area contributed by atoms with E-state index in [2.05, 4.69) is 15.3 Å². The Morgan fingerprint density at radius 1 is 1.21 bits per heavy atom. The number of nitrogens with one attached hydrogen (secondary N) is 1. The van der Waals surface area contributed by atoms with Crippen LogP contribution in [0.4, 0.5) is 29.2 Å². The van der Waals surface area contributed by atoms with Gasteiger partial charge in [0.25, 0.3) is 0 Å². The van der Waals surface area contributed by atoms with Crippen molar-refractivity contribution in [3.8, 4) is 0 Å². The van der Waals surface area contributed by atoms with Gasteiger partial charge in [0.2, 0.25) is 11.9 Å². The first-order valence-electron chi connectivity index (χ1n) is 7.09. The summed E-state index contributed by atoms with van der Waals surface area (Å²) in [6.07, 6.45) is -3.34. The second kappa shape index (κ2) is 6.06. The van der Waals surface area contributed by atoms with Gasteiger partial charge in [-0.05, 0) is 24.6 Å². The minimum absolute atomic E-state index is 0.136. The third kappa shape index (κ3) is 3.15. The van der Waals surface area contributed by atoms with E-state index in [0.29, 0.717) is 6.42 Å². The summed E-state index contributed by atoms with van der Waals surface area (Å²) in [6, 6.07) is 5.74. The van der Waals surface area contributed by atoms with Crippen molar-refractivity contribution in [2.45, 2.75) is 18.6 Å². The number of alkyl halides is 3. The summed E-state index contributed by atoms with van der Waals surface area (Å²) < 4.78 is 51.7. The predicted molar refractivity (Wildman–Crippen MR) is 77.8 cm³/mol. The van der Waals surface area contributed by atoms with Crippen LogP contribution in [0.5, 0.6) is 0 Å². The third-order valence-corrected chi connectivity index (χ3v) is 3.60. The van der Waals surface area contributed by atoms with Gasteiger partial charge in [-0.25, -0.2) is 14.4 Å². The van der Waals surface area contributed by atoms with Gasteiger partial charge in [0.1, 0.15) is 17.6 Å². The summed E-state index contributed by atoms with van der Waals surface area (Å²) in [5, 5.41) is 2.59. The van der Waals surface area contributed by atoms with Gasteiger partial charge in [0, 0.05) is 12.7 Å². The smallest absolute Gasteiger partial charge is 0.342 e. The molecular weight excluding hydrogens is 328 g/mol. The third-order valence-electron chi connectivity index (χ3n) is 3.60. The molecule has 1 aliphatic rings. The highest BCUT2D eigenvalue weighted by Gasteiger charge is 2.36. The van der Waals surface area contributed by atoms with Gasteiger partial charge in [-0.3, -0.25) is 4.79 Å². The van der Waals surface area contributed by atoms with Crippen molar-refractivity contribution >= 4 is 17.5 Å². The Morgan fingerprint density at radius 3 is 2.67 bits per heavy atom. The molecule has 2 heterocycles. The Labute approximate surface area is 134 Å². The molecule has 1 unspecified atom stereocenters. The normalized spacial score (nSPS) is 18.1. The Balaban J connectivity index is 1.76. The molecule has 24 heavy (non-hydrogen) atoms. The number of aromatic nitrogens is 2. The van der Waals surface area contributed by atoms with E-state index in [1.807, 2.05) is 0 Å². The van der Waals surface area contributed by atoms with Crippen molar-refractivity contribution in [3.63, 3.8) is 0 Å². The van der Waals surface area contributed by atoms with Crippen LogP contribution in [-0.4, -0.2) is 28.5 Å². The van der Waals surface area contributed by atoms with E-state index in [4.69, 9.17) is 0 Å². The van der Waals surface area contributed by atoms with Crippen LogP contribution in [0, 0.1) is 5.82 Å². The summed E-state index contributed by atoms with van der Waals surface area (Å²) in [4.78, 5) is 20.7. The van der Waals surface area contributed by atoms with Crippen molar-refractivity contribution < 1.29 is 22.4 Å². The maximum Gasteiger partial charge on any atom is 0.433 e. The number of anilines is 2. The second-order valence-corrected chi connectivity index (χ2v) is 5.19. The largest absolute Gasteiger partial charge is 0.433 e. The fraction of sp³-hybridized carbons (Fsp3) is 0.267. The molecule has 126 valence electrons. The number of carbonyl (C=O) groups is 1. The van der Waals surface area contributed by atoms with Crippen molar-refractivity contribution in [1.82, 2.24) is 9.97 Å². The fourth-order valence-corrected chi connectivity index (χ4v) is 2.47. The highest BCUT2D eigenvalue weighted by atomic mass is 19.4. The molecule has 1 atom stereocenters. The zero-order valence-electron chi connectivity index (χ0n) is 12.2. The van der Waals surface area contributed by atoms with Crippen LogP contribution in [0.1, 0.15) is 12.1 Å². The molecule has 1 aromatic carbocycles. The Morgan fingerprint density at radius 2 is 1.96 bits per heavy atom. The topological polar surface area (TPSA) is 58.1 Å². The monoisotopic (exact) mass is 340 g/mol. The average molecular weight is 340 g/mol. The van der Waals surface area contributed by atoms with E-state index in [1.165, 1.54) is 23.1 Å². The van der Waals surface area contributed by atoms with Gasteiger partial charge in [-0.2, -0.15) is 13.2 Å². The molecule has 9 heteroatoms. The molecule has 0 saturated carbocycles. The van der Waals surface area contributed by atoms with Crippen molar-refractivity contribution in [3.05, 3.63) is 48.0 Å². The molecule has 0 spiro atoms. The number of hydrogen-bond donors (Lipinski definition) is 1. The summed E-state index contributed by atoms with van der Waals surface area (Å²) in [6.45, 7) is 0.246. The zero-order valence-corrected chi connectivity index (χ0v) is 12.2. The van der Waals surface area contributed by atoms with Gasteiger partial charge in [-0.15, -0.1) is 0 Å². The molecule has 1 aromatic heterocycles. The van der Waals surface area contributed by atoms with Crippen LogP contribution in [-0.2, 0) is 11.0 Å². The van der Waals surface area contributed by atoms with E-state index in [1.54, 1.807) is 6.07 Å². The lowest BCUT2D eigenvalue weighted by molar-refractivity contribution is -0.141. The van der Waals surface area contributed by atoms with Crippen molar-refractivity contribution in [2.75, 3.05) is 16.8 Å². The maximum atomic E-state index is 13.8. The molecule has 0 radical (unpaired) electrons. The zero-order chi connectivity index (χ0) is 17.3. The summed E-state index contributed by atoms with van der Waals surface area (Å²) in [7, 11) is 0. The molecule has 1 N–H and O–H groups in total. The number of nitrogens with zero attached hydrogens (tertiary/aromatic N) is 3. The second-order valence-electron chi connectivity index (χ2n) is 5.19. The number of amides is 1. The standard InChI is InChI=1S/C15H12F4N4O/c16-9-3-1-2-4-11(9)23-8-6-10(13(23)24)21-14-20-7-5-12(22-14)15(17,18)19/h1-5,7,10H,6,8H2,(H,20,21,22). The van der Waals surface area contributed by atoms with Gasteiger partial charge >= 0.3 is 6.18 Å². The van der Waals surface area contributed by atoms with Gasteiger partial charge < -0.3 is 10.2 Å². The molecule has 2 aromatic rings. The lowest BCUT2D eigenvalue weighted by atomic mass is 10.2. The molecule has 1 amide bonds. The van der Waals surface area contributed by atoms with Crippen molar-refractivity contribution in [2.24, 2.45) is 0 Å². The molecule has 1 saturated heterocycles. The summed E-state index contributed by atoms with van der Waals surface area (Å²) in [5.74, 6) is -1.28. The molecule has 0 aliphatic carbocycles. The number of rotatable bonds is 3. The molecule has 1 aliphatic heterocycles. The van der Waals surface area contributed by atoms with Crippen LogP contribution in [0.15, 0.2) is 36.5 Å². The van der Waals surface area contributed by atoms with Gasteiger partial charge in [0.15, 0.2) is 0 Å². The summed E-state index contributed by atoms with van der Waals surface area (Å²) in [5.41, 5.74) is -0.965. The van der Waals surface area contributed by atoms with E-state index in [-0.39, 0.29) is 18.2 Å². The van der Waals surface area contributed by atoms with Gasteiger partial charge in [0.05, 0.1) is 5.69 Å². The average Bonchev–Trinajstić information content (AvgIpc) is 2.88. The molecule has 5 nitrogen and oxygen atoms in total. The molecule has 3 rings (SSSR count). The van der Waals surface area contributed by atoms with Gasteiger partial charge in [-0.1, -0.05) is 12.1 Å². The van der Waals surface area contributed by atoms with Crippen LogP contribution >= 0.6 is 0 Å². The van der Waals surface area contributed by atoms with Crippen LogP contribution in [0.2, 0.25) is 0 Å². The highest BCUT2D eigenvalue weighted by molar-refractivity contribution is 6.00. The fourth-order valence-electron chi connectivity index (χ4n) is 2.47. The first kappa shape index (κ1) is 16.2. The minimum atomic E-state index is -4.60. The summed E-state index contributed by atoms with van der Waals surface area (Å²) >= 11 is 0. The maximum absolute atomic E-state index is 13.8. The van der Waals surface area contributed by atoms with E-state index in [0.717, 1.165) is 12.3 Å². The minimum Gasteiger partial charge on any atom is -0.342 e. The molecular formula is C15H12F4N4O. The number of para-hydroxylation sites is 1.